The van der Waals surface area contributed by atoms with E-state index in [1.807, 2.05) is 44.2 Å². The lowest BCUT2D eigenvalue weighted by Crippen LogP contribution is -2.50. The Bertz CT molecular complexity index is 721. The number of amides is 2. The molecule has 6 heteroatoms. The molecule has 1 aliphatic heterocycles. The second kappa shape index (κ2) is 5.63. The van der Waals surface area contributed by atoms with Gasteiger partial charge in [0, 0.05) is 13.1 Å². The van der Waals surface area contributed by atoms with E-state index < -0.39 is 0 Å². The molecular formula is C16H18N4O2. The van der Waals surface area contributed by atoms with Crippen molar-refractivity contribution in [1.29, 1.82) is 0 Å². The van der Waals surface area contributed by atoms with Crippen molar-refractivity contribution in [1.82, 2.24) is 20.0 Å². The fraction of sp³-hybridized carbons (Fsp3) is 0.312. The lowest BCUT2D eigenvalue weighted by Gasteiger charge is -2.26. The summed E-state index contributed by atoms with van der Waals surface area (Å²) in [6.07, 6.45) is 0. The van der Waals surface area contributed by atoms with Crippen LogP contribution in [0, 0.1) is 13.8 Å². The molecule has 114 valence electrons. The fourth-order valence-corrected chi connectivity index (χ4v) is 2.74. The predicted molar refractivity (Wildman–Crippen MR) is 82.0 cm³/mol. The summed E-state index contributed by atoms with van der Waals surface area (Å²) >= 11 is 0. The number of hydrogen-bond acceptors (Lipinski definition) is 3. The summed E-state index contributed by atoms with van der Waals surface area (Å²) in [4.78, 5) is 25.8. The lowest BCUT2D eigenvalue weighted by atomic mass is 10.1. The molecule has 1 aliphatic rings. The van der Waals surface area contributed by atoms with Crippen LogP contribution < -0.4 is 5.32 Å². The molecule has 2 amide bonds. The molecule has 3 rings (SSSR count). The molecule has 1 saturated heterocycles. The first-order valence-electron chi connectivity index (χ1n) is 7.25. The average Bonchev–Trinajstić information content (AvgIpc) is 2.82. The highest BCUT2D eigenvalue weighted by Gasteiger charge is 2.27. The van der Waals surface area contributed by atoms with Crippen LogP contribution in [0.25, 0.3) is 5.69 Å². The number of carbonyl (C=O) groups is 2. The van der Waals surface area contributed by atoms with Gasteiger partial charge in [-0.25, -0.2) is 4.68 Å². The van der Waals surface area contributed by atoms with Gasteiger partial charge in [-0.2, -0.15) is 5.10 Å². The highest BCUT2D eigenvalue weighted by molar-refractivity contribution is 5.99. The van der Waals surface area contributed by atoms with Crippen molar-refractivity contribution >= 4 is 11.8 Å². The van der Waals surface area contributed by atoms with E-state index in [0.29, 0.717) is 24.3 Å². The van der Waals surface area contributed by atoms with E-state index in [9.17, 15) is 9.59 Å². The van der Waals surface area contributed by atoms with Crippen LogP contribution in [0.15, 0.2) is 30.3 Å². The van der Waals surface area contributed by atoms with Gasteiger partial charge in [0.05, 0.1) is 29.2 Å². The topological polar surface area (TPSA) is 67.2 Å². The summed E-state index contributed by atoms with van der Waals surface area (Å²) in [5, 5.41) is 7.21. The zero-order chi connectivity index (χ0) is 15.7. The molecule has 1 fully saturated rings. The first-order chi connectivity index (χ1) is 10.6. The highest BCUT2D eigenvalue weighted by atomic mass is 16.2. The highest BCUT2D eigenvalue weighted by Crippen LogP contribution is 2.19. The van der Waals surface area contributed by atoms with E-state index in [-0.39, 0.29) is 18.4 Å². The predicted octanol–water partition coefficient (Wildman–Crippen LogP) is 1.06. The molecule has 0 atom stereocenters. The number of benzene rings is 1. The monoisotopic (exact) mass is 298 g/mol. The molecule has 0 radical (unpaired) electrons. The molecule has 0 bridgehead atoms. The zero-order valence-electron chi connectivity index (χ0n) is 12.7. The van der Waals surface area contributed by atoms with Gasteiger partial charge < -0.3 is 10.2 Å². The summed E-state index contributed by atoms with van der Waals surface area (Å²) < 4.78 is 1.77. The summed E-state index contributed by atoms with van der Waals surface area (Å²) in [5.74, 6) is -0.252. The Hall–Kier alpha value is -2.63. The van der Waals surface area contributed by atoms with E-state index in [2.05, 4.69) is 10.4 Å². The van der Waals surface area contributed by atoms with E-state index in [4.69, 9.17) is 0 Å². The number of piperazine rings is 1. The minimum absolute atomic E-state index is 0.105. The molecule has 0 saturated carbocycles. The Morgan fingerprint density at radius 3 is 2.64 bits per heavy atom. The number of nitrogens with zero attached hydrogens (tertiary/aromatic N) is 3. The van der Waals surface area contributed by atoms with Crippen molar-refractivity contribution in [2.75, 3.05) is 19.6 Å². The Balaban J connectivity index is 1.96. The van der Waals surface area contributed by atoms with Gasteiger partial charge in [0.1, 0.15) is 0 Å². The Labute approximate surface area is 128 Å². The van der Waals surface area contributed by atoms with Gasteiger partial charge in [-0.05, 0) is 26.0 Å². The van der Waals surface area contributed by atoms with Gasteiger partial charge in [0.25, 0.3) is 5.91 Å². The molecular weight excluding hydrogens is 280 g/mol. The third-order valence-corrected chi connectivity index (χ3v) is 3.83. The largest absolute Gasteiger partial charge is 0.353 e. The van der Waals surface area contributed by atoms with Gasteiger partial charge >= 0.3 is 0 Å². The van der Waals surface area contributed by atoms with Crippen LogP contribution in [0.2, 0.25) is 0 Å². The Morgan fingerprint density at radius 1 is 1.23 bits per heavy atom. The third kappa shape index (κ3) is 2.47. The minimum Gasteiger partial charge on any atom is -0.353 e. The number of aryl methyl sites for hydroxylation is 1. The molecule has 2 heterocycles. The Kier molecular flexibility index (Phi) is 3.66. The van der Waals surface area contributed by atoms with Gasteiger partial charge in [-0.15, -0.1) is 0 Å². The molecule has 2 aromatic rings. The van der Waals surface area contributed by atoms with Crippen LogP contribution in [-0.4, -0.2) is 46.1 Å². The van der Waals surface area contributed by atoms with Crippen molar-refractivity contribution in [3.8, 4) is 5.69 Å². The van der Waals surface area contributed by atoms with Crippen LogP contribution in [0.4, 0.5) is 0 Å². The molecule has 0 aliphatic carbocycles. The van der Waals surface area contributed by atoms with Crippen molar-refractivity contribution in [2.45, 2.75) is 13.8 Å². The molecule has 0 spiro atoms. The molecule has 0 unspecified atom stereocenters. The first-order valence-corrected chi connectivity index (χ1v) is 7.25. The number of hydrogen-bond donors (Lipinski definition) is 1. The second-order valence-corrected chi connectivity index (χ2v) is 5.37. The SMILES string of the molecule is Cc1nn(-c2ccccc2)c(C)c1C(=O)N1CCNC(=O)C1. The smallest absolute Gasteiger partial charge is 0.258 e. The van der Waals surface area contributed by atoms with Gasteiger partial charge in [0.15, 0.2) is 0 Å². The number of nitrogens with one attached hydrogen (secondary N) is 1. The summed E-state index contributed by atoms with van der Waals surface area (Å²) in [6, 6.07) is 9.70. The summed E-state index contributed by atoms with van der Waals surface area (Å²) in [7, 11) is 0. The van der Waals surface area contributed by atoms with Crippen LogP contribution in [0.1, 0.15) is 21.7 Å². The minimum atomic E-state index is -0.132. The van der Waals surface area contributed by atoms with E-state index in [0.717, 1.165) is 11.4 Å². The van der Waals surface area contributed by atoms with Crippen LogP contribution in [0.3, 0.4) is 0 Å². The molecule has 22 heavy (non-hydrogen) atoms. The van der Waals surface area contributed by atoms with Gasteiger partial charge in [-0.1, -0.05) is 18.2 Å². The quantitative estimate of drug-likeness (QED) is 0.901. The molecule has 1 aromatic carbocycles. The van der Waals surface area contributed by atoms with Crippen molar-refractivity contribution < 1.29 is 9.59 Å². The van der Waals surface area contributed by atoms with Crippen LogP contribution >= 0.6 is 0 Å². The van der Waals surface area contributed by atoms with Crippen LogP contribution in [0.5, 0.6) is 0 Å². The van der Waals surface area contributed by atoms with Crippen LogP contribution in [-0.2, 0) is 4.79 Å². The number of rotatable bonds is 2. The molecule has 1 aromatic heterocycles. The molecule has 6 nitrogen and oxygen atoms in total. The van der Waals surface area contributed by atoms with E-state index in [1.54, 1.807) is 9.58 Å². The number of aromatic nitrogens is 2. The summed E-state index contributed by atoms with van der Waals surface area (Å²) in [5.41, 5.74) is 2.97. The standard InChI is InChI=1S/C16H18N4O2/c1-11-15(16(22)19-9-8-17-14(21)10-19)12(2)20(18-11)13-6-4-3-5-7-13/h3-7H,8-10H2,1-2H3,(H,17,21). The molecule has 1 N–H and O–H groups in total. The van der Waals surface area contributed by atoms with Crippen molar-refractivity contribution in [3.63, 3.8) is 0 Å². The fourth-order valence-electron chi connectivity index (χ4n) is 2.74. The normalized spacial score (nSPS) is 14.8. The maximum absolute atomic E-state index is 12.7. The summed E-state index contributed by atoms with van der Waals surface area (Å²) in [6.45, 7) is 4.83. The van der Waals surface area contributed by atoms with E-state index in [1.165, 1.54) is 0 Å². The van der Waals surface area contributed by atoms with Gasteiger partial charge in [0.2, 0.25) is 5.91 Å². The van der Waals surface area contributed by atoms with Crippen molar-refractivity contribution in [2.24, 2.45) is 0 Å². The third-order valence-electron chi connectivity index (χ3n) is 3.83. The first kappa shape index (κ1) is 14.3. The number of carbonyl (C=O) groups excluding carboxylic acids is 2. The Morgan fingerprint density at radius 2 is 1.95 bits per heavy atom. The second-order valence-electron chi connectivity index (χ2n) is 5.37. The zero-order valence-corrected chi connectivity index (χ0v) is 12.7. The maximum Gasteiger partial charge on any atom is 0.258 e. The van der Waals surface area contributed by atoms with Gasteiger partial charge in [-0.3, -0.25) is 9.59 Å². The lowest BCUT2D eigenvalue weighted by molar-refractivity contribution is -0.123. The number of para-hydroxylation sites is 1. The average molecular weight is 298 g/mol. The maximum atomic E-state index is 12.7. The van der Waals surface area contributed by atoms with E-state index >= 15 is 0 Å². The van der Waals surface area contributed by atoms with Crippen molar-refractivity contribution in [3.05, 3.63) is 47.3 Å².